The van der Waals surface area contributed by atoms with Crippen LogP contribution in [0.3, 0.4) is 0 Å². The predicted molar refractivity (Wildman–Crippen MR) is 126 cm³/mol. The van der Waals surface area contributed by atoms with E-state index in [2.05, 4.69) is 5.32 Å². The Kier molecular flexibility index (Phi) is 8.08. The molecule has 0 unspecified atom stereocenters. The number of hydrogen-bond acceptors (Lipinski definition) is 4. The van der Waals surface area contributed by atoms with Crippen LogP contribution in [0, 0.1) is 0 Å². The summed E-state index contributed by atoms with van der Waals surface area (Å²) in [6.45, 7) is 4.42. The van der Waals surface area contributed by atoms with E-state index in [1.165, 1.54) is 0 Å². The second kappa shape index (κ2) is 11.2. The molecule has 0 aromatic heterocycles. The van der Waals surface area contributed by atoms with E-state index in [1.54, 1.807) is 12.0 Å². The molecule has 3 aromatic carbocycles. The van der Waals surface area contributed by atoms with Gasteiger partial charge in [-0.1, -0.05) is 55.5 Å². The van der Waals surface area contributed by atoms with Gasteiger partial charge in [0.1, 0.15) is 17.5 Å². The molecule has 0 aliphatic rings. The van der Waals surface area contributed by atoms with Gasteiger partial charge in [-0.05, 0) is 42.5 Å². The summed E-state index contributed by atoms with van der Waals surface area (Å²) in [4.78, 5) is 27.6. The number of amides is 2. The Morgan fingerprint density at radius 1 is 0.969 bits per heavy atom. The van der Waals surface area contributed by atoms with E-state index < -0.39 is 6.04 Å². The highest BCUT2D eigenvalue weighted by Gasteiger charge is 2.28. The molecule has 2 amide bonds. The van der Waals surface area contributed by atoms with Crippen molar-refractivity contribution in [1.82, 2.24) is 10.2 Å². The molecule has 3 aromatic rings. The summed E-state index contributed by atoms with van der Waals surface area (Å²) in [5.74, 6) is 0.975. The van der Waals surface area contributed by atoms with E-state index in [4.69, 9.17) is 9.47 Å². The lowest BCUT2D eigenvalue weighted by Crippen LogP contribution is -2.50. The first kappa shape index (κ1) is 23.1. The zero-order chi connectivity index (χ0) is 22.9. The van der Waals surface area contributed by atoms with Crippen LogP contribution in [0.1, 0.15) is 25.8 Å². The average Bonchev–Trinajstić information content (AvgIpc) is 2.83. The Balaban J connectivity index is 1.81. The van der Waals surface area contributed by atoms with Gasteiger partial charge >= 0.3 is 0 Å². The number of benzene rings is 3. The minimum atomic E-state index is -0.583. The molecule has 3 rings (SSSR count). The van der Waals surface area contributed by atoms with Crippen LogP contribution in [-0.2, 0) is 16.1 Å². The number of methoxy groups -OCH3 is 1. The SMILES string of the molecule is CCNC(=O)[C@@H](CC)N(Cc1ccc(OC)cc1)C(=O)COc1cccc2ccccc12. The number of rotatable bonds is 10. The second-order valence-corrected chi connectivity index (χ2v) is 7.45. The quantitative estimate of drug-likeness (QED) is 0.520. The highest BCUT2D eigenvalue weighted by molar-refractivity contribution is 5.90. The first-order valence-electron chi connectivity index (χ1n) is 10.9. The standard InChI is InChI=1S/C26H30N2O4/c1-4-23(26(30)27-5-2)28(17-19-13-15-21(31-3)16-14-19)25(29)18-32-24-12-8-10-20-9-6-7-11-22(20)24/h6-16,23H,4-5,17-18H2,1-3H3,(H,27,30)/t23-/m1/s1. The molecule has 0 saturated carbocycles. The average molecular weight is 435 g/mol. The number of carbonyl (C=O) groups is 2. The lowest BCUT2D eigenvalue weighted by atomic mass is 10.1. The lowest BCUT2D eigenvalue weighted by molar-refractivity contribution is -0.142. The number of ether oxygens (including phenoxy) is 2. The molecule has 0 saturated heterocycles. The number of nitrogens with zero attached hydrogens (tertiary/aromatic N) is 1. The Hall–Kier alpha value is -3.54. The lowest BCUT2D eigenvalue weighted by Gasteiger charge is -2.30. The maximum Gasteiger partial charge on any atom is 0.261 e. The molecule has 168 valence electrons. The zero-order valence-electron chi connectivity index (χ0n) is 18.8. The highest BCUT2D eigenvalue weighted by atomic mass is 16.5. The molecule has 0 aliphatic heterocycles. The Morgan fingerprint density at radius 3 is 2.38 bits per heavy atom. The summed E-state index contributed by atoms with van der Waals surface area (Å²) in [7, 11) is 1.61. The van der Waals surface area contributed by atoms with Crippen molar-refractivity contribution in [2.24, 2.45) is 0 Å². The number of nitrogens with one attached hydrogen (secondary N) is 1. The number of carbonyl (C=O) groups excluding carboxylic acids is 2. The molecule has 6 nitrogen and oxygen atoms in total. The maximum atomic E-state index is 13.3. The van der Waals surface area contributed by atoms with Crippen LogP contribution in [0.25, 0.3) is 10.8 Å². The van der Waals surface area contributed by atoms with E-state index in [-0.39, 0.29) is 18.4 Å². The first-order chi connectivity index (χ1) is 15.6. The second-order valence-electron chi connectivity index (χ2n) is 7.45. The fraction of sp³-hybridized carbons (Fsp3) is 0.308. The Morgan fingerprint density at radius 2 is 1.69 bits per heavy atom. The van der Waals surface area contributed by atoms with Gasteiger partial charge in [-0.3, -0.25) is 9.59 Å². The maximum absolute atomic E-state index is 13.3. The van der Waals surface area contributed by atoms with Crippen LogP contribution in [-0.4, -0.2) is 43.0 Å². The molecule has 32 heavy (non-hydrogen) atoms. The number of hydrogen-bond donors (Lipinski definition) is 1. The molecule has 1 N–H and O–H groups in total. The van der Waals surface area contributed by atoms with Crippen LogP contribution < -0.4 is 14.8 Å². The fourth-order valence-electron chi connectivity index (χ4n) is 3.68. The predicted octanol–water partition coefficient (Wildman–Crippen LogP) is 4.17. The summed E-state index contributed by atoms with van der Waals surface area (Å²) in [6, 6.07) is 20.5. The minimum absolute atomic E-state index is 0.153. The summed E-state index contributed by atoms with van der Waals surface area (Å²) >= 11 is 0. The van der Waals surface area contributed by atoms with E-state index in [9.17, 15) is 9.59 Å². The molecule has 0 radical (unpaired) electrons. The van der Waals surface area contributed by atoms with Gasteiger partial charge in [0, 0.05) is 18.5 Å². The van der Waals surface area contributed by atoms with E-state index >= 15 is 0 Å². The molecule has 6 heteroatoms. The Labute approximate surface area is 189 Å². The smallest absolute Gasteiger partial charge is 0.261 e. The number of likely N-dealkylation sites (N-methyl/N-ethyl adjacent to an activating group) is 1. The van der Waals surface area contributed by atoms with Crippen molar-refractivity contribution in [2.45, 2.75) is 32.9 Å². The normalized spacial score (nSPS) is 11.6. The third kappa shape index (κ3) is 5.58. The van der Waals surface area contributed by atoms with Gasteiger partial charge in [0.2, 0.25) is 5.91 Å². The van der Waals surface area contributed by atoms with Crippen molar-refractivity contribution in [3.05, 3.63) is 72.3 Å². The molecule has 0 spiro atoms. The summed E-state index contributed by atoms with van der Waals surface area (Å²) in [5, 5.41) is 4.83. The minimum Gasteiger partial charge on any atom is -0.497 e. The molecule has 0 aliphatic carbocycles. The molecular weight excluding hydrogens is 404 g/mol. The van der Waals surface area contributed by atoms with Crippen molar-refractivity contribution in [3.63, 3.8) is 0 Å². The van der Waals surface area contributed by atoms with E-state index in [1.807, 2.05) is 80.6 Å². The van der Waals surface area contributed by atoms with Gasteiger partial charge in [0.15, 0.2) is 6.61 Å². The third-order valence-corrected chi connectivity index (χ3v) is 5.35. The van der Waals surface area contributed by atoms with Crippen molar-refractivity contribution in [1.29, 1.82) is 0 Å². The van der Waals surface area contributed by atoms with Crippen molar-refractivity contribution >= 4 is 22.6 Å². The monoisotopic (exact) mass is 434 g/mol. The summed E-state index contributed by atoms with van der Waals surface area (Å²) in [6.07, 6.45) is 0.502. The largest absolute Gasteiger partial charge is 0.497 e. The molecule has 1 atom stereocenters. The van der Waals surface area contributed by atoms with E-state index in [0.29, 0.717) is 25.3 Å². The summed E-state index contributed by atoms with van der Waals surface area (Å²) < 4.78 is 11.1. The van der Waals surface area contributed by atoms with Gasteiger partial charge < -0.3 is 19.7 Å². The van der Waals surface area contributed by atoms with Gasteiger partial charge in [-0.2, -0.15) is 0 Å². The van der Waals surface area contributed by atoms with Gasteiger partial charge in [-0.25, -0.2) is 0 Å². The zero-order valence-corrected chi connectivity index (χ0v) is 18.8. The number of fused-ring (bicyclic) bond motifs is 1. The van der Waals surface area contributed by atoms with Gasteiger partial charge in [0.25, 0.3) is 5.91 Å². The van der Waals surface area contributed by atoms with Crippen LogP contribution in [0.5, 0.6) is 11.5 Å². The molecular formula is C26H30N2O4. The van der Waals surface area contributed by atoms with E-state index in [0.717, 1.165) is 22.1 Å². The Bertz CT molecular complexity index is 1040. The molecule has 0 bridgehead atoms. The van der Waals surface area contributed by atoms with Crippen LogP contribution in [0.15, 0.2) is 66.7 Å². The molecule has 0 heterocycles. The highest BCUT2D eigenvalue weighted by Crippen LogP contribution is 2.25. The van der Waals surface area contributed by atoms with Gasteiger partial charge in [0.05, 0.1) is 7.11 Å². The molecule has 0 fully saturated rings. The van der Waals surface area contributed by atoms with Crippen LogP contribution in [0.4, 0.5) is 0 Å². The first-order valence-corrected chi connectivity index (χ1v) is 10.9. The third-order valence-electron chi connectivity index (χ3n) is 5.35. The fourth-order valence-corrected chi connectivity index (χ4v) is 3.68. The van der Waals surface area contributed by atoms with Crippen molar-refractivity contribution < 1.29 is 19.1 Å². The van der Waals surface area contributed by atoms with Crippen molar-refractivity contribution in [2.75, 3.05) is 20.3 Å². The van der Waals surface area contributed by atoms with Gasteiger partial charge in [-0.15, -0.1) is 0 Å². The van der Waals surface area contributed by atoms with Crippen LogP contribution >= 0.6 is 0 Å². The summed E-state index contributed by atoms with van der Waals surface area (Å²) in [5.41, 5.74) is 0.909. The van der Waals surface area contributed by atoms with Crippen LogP contribution in [0.2, 0.25) is 0 Å². The van der Waals surface area contributed by atoms with Crippen molar-refractivity contribution in [3.8, 4) is 11.5 Å². The topological polar surface area (TPSA) is 67.9 Å².